The van der Waals surface area contributed by atoms with Crippen LogP contribution in [0.5, 0.6) is 5.75 Å². The molecule has 0 saturated heterocycles. The summed E-state index contributed by atoms with van der Waals surface area (Å²) < 4.78 is 11.9. The van der Waals surface area contributed by atoms with E-state index in [1.54, 1.807) is 32.7 Å². The molecule has 1 heterocycles. The van der Waals surface area contributed by atoms with E-state index in [0.29, 0.717) is 5.69 Å². The van der Waals surface area contributed by atoms with E-state index in [2.05, 4.69) is 10.4 Å². The number of nitrogens with one attached hydrogen (secondary N) is 1. The van der Waals surface area contributed by atoms with E-state index in [4.69, 9.17) is 21.1 Å². The van der Waals surface area contributed by atoms with Gasteiger partial charge in [-0.05, 0) is 49.2 Å². The Bertz CT molecular complexity index is 1070. The fourth-order valence-corrected chi connectivity index (χ4v) is 3.17. The van der Waals surface area contributed by atoms with Crippen LogP contribution in [0.15, 0.2) is 42.5 Å². The third-order valence-electron chi connectivity index (χ3n) is 4.64. The zero-order valence-electron chi connectivity index (χ0n) is 17.4. The van der Waals surface area contributed by atoms with Gasteiger partial charge in [-0.15, -0.1) is 11.6 Å². The predicted molar refractivity (Wildman–Crippen MR) is 116 cm³/mol. The Morgan fingerprint density at radius 1 is 1.13 bits per heavy atom. The maximum atomic E-state index is 12.9. The largest absolute Gasteiger partial charge is 0.497 e. The van der Waals surface area contributed by atoms with Crippen LogP contribution in [-0.4, -0.2) is 46.8 Å². The predicted octanol–water partition coefficient (Wildman–Crippen LogP) is 3.54. The molecule has 1 amide bonds. The number of hydrogen-bond acceptors (Lipinski definition) is 5. The lowest BCUT2D eigenvalue weighted by Crippen LogP contribution is -2.47. The van der Waals surface area contributed by atoms with Gasteiger partial charge in [0.15, 0.2) is 5.69 Å². The summed E-state index contributed by atoms with van der Waals surface area (Å²) in [5.41, 5.74) is 2.41. The zero-order valence-corrected chi connectivity index (χ0v) is 18.1. The number of aromatic nitrogens is 2. The van der Waals surface area contributed by atoms with Crippen molar-refractivity contribution in [3.63, 3.8) is 0 Å². The van der Waals surface area contributed by atoms with Gasteiger partial charge in [0.25, 0.3) is 5.91 Å². The molecule has 8 heteroatoms. The molecular weight excluding hydrogens is 406 g/mol. The highest BCUT2D eigenvalue weighted by Gasteiger charge is 2.26. The van der Waals surface area contributed by atoms with Gasteiger partial charge in [-0.1, -0.05) is 18.2 Å². The molecule has 1 N–H and O–H groups in total. The summed E-state index contributed by atoms with van der Waals surface area (Å²) in [5, 5.41) is 8.01. The van der Waals surface area contributed by atoms with Gasteiger partial charge in [-0.2, -0.15) is 5.10 Å². The molecule has 0 aliphatic heterocycles. The molecule has 2 aromatic carbocycles. The summed E-state index contributed by atoms with van der Waals surface area (Å²) in [6, 6.07) is 13.6. The first-order valence-corrected chi connectivity index (χ1v) is 9.93. The smallest absolute Gasteiger partial charge is 0.320 e. The minimum absolute atomic E-state index is 0.0106. The van der Waals surface area contributed by atoms with Crippen molar-refractivity contribution in [3.8, 4) is 16.9 Å². The van der Waals surface area contributed by atoms with Crippen molar-refractivity contribution in [1.82, 2.24) is 15.1 Å². The molecule has 0 fully saturated rings. The summed E-state index contributed by atoms with van der Waals surface area (Å²) in [5.74, 6) is -0.317. The molecule has 0 bridgehead atoms. The zero-order chi connectivity index (χ0) is 21.9. The van der Waals surface area contributed by atoms with E-state index in [0.717, 1.165) is 27.8 Å². The second kappa shape index (κ2) is 8.75. The van der Waals surface area contributed by atoms with Gasteiger partial charge < -0.3 is 14.8 Å². The van der Waals surface area contributed by atoms with E-state index in [1.165, 1.54) is 0 Å². The van der Waals surface area contributed by atoms with Gasteiger partial charge in [0.05, 0.1) is 18.2 Å². The van der Waals surface area contributed by atoms with Crippen molar-refractivity contribution >= 4 is 34.4 Å². The highest BCUT2D eigenvalue weighted by Crippen LogP contribution is 2.27. The van der Waals surface area contributed by atoms with Crippen LogP contribution in [0.3, 0.4) is 0 Å². The van der Waals surface area contributed by atoms with E-state index in [1.807, 2.05) is 42.5 Å². The number of ether oxygens (including phenoxy) is 2. The first-order valence-electron chi connectivity index (χ1n) is 9.39. The van der Waals surface area contributed by atoms with Crippen LogP contribution in [0.1, 0.15) is 24.3 Å². The number of nitrogens with zero attached hydrogens (tertiary/aromatic N) is 2. The first kappa shape index (κ1) is 21.6. The number of carbonyl (C=O) groups is 2. The fourth-order valence-electron chi connectivity index (χ4n) is 3.09. The van der Waals surface area contributed by atoms with Gasteiger partial charge in [0.1, 0.15) is 18.2 Å². The van der Waals surface area contributed by atoms with Crippen molar-refractivity contribution in [2.24, 2.45) is 7.05 Å². The third kappa shape index (κ3) is 4.74. The molecule has 0 saturated carbocycles. The number of alkyl halides is 1. The molecule has 0 radical (unpaired) electrons. The van der Waals surface area contributed by atoms with Crippen molar-refractivity contribution in [3.05, 3.63) is 48.2 Å². The molecule has 7 nitrogen and oxygen atoms in total. The van der Waals surface area contributed by atoms with Crippen molar-refractivity contribution < 1.29 is 19.1 Å². The van der Waals surface area contributed by atoms with E-state index < -0.39 is 11.5 Å². The number of aryl methyl sites for hydroxylation is 1. The first-order chi connectivity index (χ1) is 14.2. The standard InChI is InChI=1S/C22H24ClN3O4/c1-22(2,13-30-19(27)12-23)24-21(28)20-17-10-7-15(11-18(17)26(3)25-20)14-5-8-16(29-4)9-6-14/h5-11H,12-13H2,1-4H3,(H,24,28). The van der Waals surface area contributed by atoms with Crippen LogP contribution in [0.2, 0.25) is 0 Å². The molecule has 0 atom stereocenters. The minimum atomic E-state index is -0.772. The molecule has 0 unspecified atom stereocenters. The maximum Gasteiger partial charge on any atom is 0.320 e. The Hall–Kier alpha value is -3.06. The Morgan fingerprint density at radius 3 is 2.43 bits per heavy atom. The Labute approximate surface area is 179 Å². The Kier molecular flexibility index (Phi) is 6.31. The van der Waals surface area contributed by atoms with Crippen LogP contribution < -0.4 is 10.1 Å². The highest BCUT2D eigenvalue weighted by molar-refractivity contribution is 6.26. The lowest BCUT2D eigenvalue weighted by molar-refractivity contribution is -0.142. The Morgan fingerprint density at radius 2 is 1.80 bits per heavy atom. The summed E-state index contributed by atoms with van der Waals surface area (Å²) in [4.78, 5) is 24.1. The normalized spacial score (nSPS) is 11.4. The average molecular weight is 430 g/mol. The van der Waals surface area contributed by atoms with Gasteiger partial charge in [0, 0.05) is 12.4 Å². The third-order valence-corrected chi connectivity index (χ3v) is 4.86. The van der Waals surface area contributed by atoms with Gasteiger partial charge in [0.2, 0.25) is 0 Å². The number of esters is 1. The van der Waals surface area contributed by atoms with Crippen molar-refractivity contribution in [1.29, 1.82) is 0 Å². The summed E-state index contributed by atoms with van der Waals surface area (Å²) in [7, 11) is 3.43. The van der Waals surface area contributed by atoms with Gasteiger partial charge in [-0.3, -0.25) is 14.3 Å². The monoisotopic (exact) mass is 429 g/mol. The van der Waals surface area contributed by atoms with Gasteiger partial charge in [-0.25, -0.2) is 0 Å². The maximum absolute atomic E-state index is 12.9. The molecule has 1 aromatic heterocycles. The van der Waals surface area contributed by atoms with Crippen LogP contribution >= 0.6 is 11.6 Å². The molecule has 3 rings (SSSR count). The topological polar surface area (TPSA) is 82.4 Å². The van der Waals surface area contributed by atoms with E-state index >= 15 is 0 Å². The second-order valence-electron chi connectivity index (χ2n) is 7.56. The van der Waals surface area contributed by atoms with Crippen molar-refractivity contribution in [2.45, 2.75) is 19.4 Å². The molecule has 3 aromatic rings. The molecule has 0 aliphatic rings. The van der Waals surface area contributed by atoms with E-state index in [9.17, 15) is 9.59 Å². The lowest BCUT2D eigenvalue weighted by atomic mass is 10.0. The molecule has 30 heavy (non-hydrogen) atoms. The number of fused-ring (bicyclic) bond motifs is 1. The van der Waals surface area contributed by atoms with Crippen molar-refractivity contribution in [2.75, 3.05) is 19.6 Å². The number of carbonyl (C=O) groups excluding carboxylic acids is 2. The van der Waals surface area contributed by atoms with Crippen LogP contribution in [-0.2, 0) is 16.6 Å². The molecule has 0 aliphatic carbocycles. The summed E-state index contributed by atoms with van der Waals surface area (Å²) in [6.07, 6.45) is 0. The number of halogens is 1. The fraction of sp³-hybridized carbons (Fsp3) is 0.318. The van der Waals surface area contributed by atoms with E-state index in [-0.39, 0.29) is 18.4 Å². The number of benzene rings is 2. The summed E-state index contributed by atoms with van der Waals surface area (Å²) in [6.45, 7) is 3.54. The van der Waals surface area contributed by atoms with Crippen LogP contribution in [0.25, 0.3) is 22.0 Å². The number of hydrogen-bond donors (Lipinski definition) is 1. The number of amides is 1. The minimum Gasteiger partial charge on any atom is -0.497 e. The highest BCUT2D eigenvalue weighted by atomic mass is 35.5. The average Bonchev–Trinajstić information content (AvgIpc) is 3.08. The lowest BCUT2D eigenvalue weighted by Gasteiger charge is -2.25. The van der Waals surface area contributed by atoms with Crippen LogP contribution in [0.4, 0.5) is 0 Å². The SMILES string of the molecule is COc1ccc(-c2ccc3c(C(=O)NC(C)(C)COC(=O)CCl)nn(C)c3c2)cc1. The number of rotatable bonds is 7. The molecule has 158 valence electrons. The summed E-state index contributed by atoms with van der Waals surface area (Å²) >= 11 is 5.44. The quantitative estimate of drug-likeness (QED) is 0.459. The Balaban J connectivity index is 1.85. The molecule has 0 spiro atoms. The van der Waals surface area contributed by atoms with Crippen LogP contribution in [0, 0.1) is 0 Å². The second-order valence-corrected chi connectivity index (χ2v) is 7.83. The van der Waals surface area contributed by atoms with Gasteiger partial charge >= 0.3 is 5.97 Å². The number of methoxy groups -OCH3 is 1. The molecular formula is C22H24ClN3O4.